The molecule has 9 aromatic carbocycles. The standard InChI is InChI=1S/C55H40N2/c1-55(2)50-24-10-8-23-46(50)47-34-49-48-33-41(27-29-53(48)57(54(49)35-51(47)55)44-21-13-19-40(32-44)36-14-4-3-5-15-36)38-18-12-20-42(30-38)45-22-9-11-25-52(45)56-43-28-26-37-16-6-7-17-39(37)31-43/h3-35,56H,1-2H3. The molecule has 0 amide bonds. The number of nitrogens with one attached hydrogen (secondary N) is 1. The van der Waals surface area contributed by atoms with Gasteiger partial charge in [0.15, 0.2) is 0 Å². The summed E-state index contributed by atoms with van der Waals surface area (Å²) >= 11 is 0. The molecule has 0 aliphatic heterocycles. The van der Waals surface area contributed by atoms with Crippen LogP contribution in [0, 0.1) is 0 Å². The molecule has 57 heavy (non-hydrogen) atoms. The summed E-state index contributed by atoms with van der Waals surface area (Å²) < 4.78 is 2.48. The molecule has 2 heteroatoms. The van der Waals surface area contributed by atoms with E-state index in [1.54, 1.807) is 0 Å². The van der Waals surface area contributed by atoms with Gasteiger partial charge in [-0.2, -0.15) is 0 Å². The van der Waals surface area contributed by atoms with Crippen LogP contribution >= 0.6 is 0 Å². The first-order valence-corrected chi connectivity index (χ1v) is 19.8. The largest absolute Gasteiger partial charge is 0.355 e. The molecule has 2 nitrogen and oxygen atoms in total. The molecule has 11 rings (SSSR count). The van der Waals surface area contributed by atoms with Crippen molar-refractivity contribution in [3.63, 3.8) is 0 Å². The van der Waals surface area contributed by atoms with E-state index in [-0.39, 0.29) is 5.41 Å². The molecule has 0 bridgehead atoms. The number of hydrogen-bond donors (Lipinski definition) is 1. The van der Waals surface area contributed by atoms with Crippen molar-refractivity contribution in [1.82, 2.24) is 4.57 Å². The fraction of sp³-hybridized carbons (Fsp3) is 0.0545. The zero-order chi connectivity index (χ0) is 38.1. The molecule has 0 unspecified atom stereocenters. The third-order valence-corrected chi connectivity index (χ3v) is 12.1. The number of nitrogens with zero attached hydrogens (tertiary/aromatic N) is 1. The molecule has 0 fully saturated rings. The number of fused-ring (bicyclic) bond motifs is 7. The summed E-state index contributed by atoms with van der Waals surface area (Å²) in [6.07, 6.45) is 0. The predicted octanol–water partition coefficient (Wildman–Crippen LogP) is 15.0. The van der Waals surface area contributed by atoms with Crippen molar-refractivity contribution in [2.24, 2.45) is 0 Å². The Morgan fingerprint density at radius 1 is 0.386 bits per heavy atom. The Bertz CT molecular complexity index is 3180. The minimum Gasteiger partial charge on any atom is -0.355 e. The van der Waals surface area contributed by atoms with Crippen molar-refractivity contribution in [2.45, 2.75) is 19.3 Å². The number of aromatic nitrogens is 1. The first-order valence-electron chi connectivity index (χ1n) is 19.8. The van der Waals surface area contributed by atoms with E-state index >= 15 is 0 Å². The van der Waals surface area contributed by atoms with Crippen LogP contribution in [0.4, 0.5) is 11.4 Å². The summed E-state index contributed by atoms with van der Waals surface area (Å²) in [6, 6.07) is 73.2. The summed E-state index contributed by atoms with van der Waals surface area (Å²) in [6.45, 7) is 4.74. The van der Waals surface area contributed by atoms with Gasteiger partial charge in [-0.3, -0.25) is 0 Å². The van der Waals surface area contributed by atoms with E-state index < -0.39 is 0 Å². The molecule has 1 aliphatic carbocycles. The zero-order valence-corrected chi connectivity index (χ0v) is 32.0. The molecule has 1 aromatic heterocycles. The third-order valence-electron chi connectivity index (χ3n) is 12.1. The minimum atomic E-state index is -0.0989. The van der Waals surface area contributed by atoms with Crippen LogP contribution < -0.4 is 5.32 Å². The van der Waals surface area contributed by atoms with Crippen molar-refractivity contribution in [3.05, 3.63) is 211 Å². The van der Waals surface area contributed by atoms with Gasteiger partial charge in [0.25, 0.3) is 0 Å². The maximum atomic E-state index is 3.73. The van der Waals surface area contributed by atoms with Gasteiger partial charge in [-0.1, -0.05) is 153 Å². The van der Waals surface area contributed by atoms with Crippen molar-refractivity contribution in [3.8, 4) is 50.2 Å². The average Bonchev–Trinajstić information content (AvgIpc) is 3.70. The number of para-hydroxylation sites is 1. The predicted molar refractivity (Wildman–Crippen MR) is 242 cm³/mol. The van der Waals surface area contributed by atoms with Crippen molar-refractivity contribution in [1.29, 1.82) is 0 Å². The Balaban J connectivity index is 1.06. The lowest BCUT2D eigenvalue weighted by Gasteiger charge is -2.21. The van der Waals surface area contributed by atoms with Crippen molar-refractivity contribution < 1.29 is 0 Å². The van der Waals surface area contributed by atoms with E-state index in [1.165, 1.54) is 88.2 Å². The van der Waals surface area contributed by atoms with Gasteiger partial charge in [-0.05, 0) is 122 Å². The summed E-state index contributed by atoms with van der Waals surface area (Å²) in [4.78, 5) is 0. The molecule has 0 spiro atoms. The maximum Gasteiger partial charge on any atom is 0.0544 e. The smallest absolute Gasteiger partial charge is 0.0544 e. The molecular formula is C55H40N2. The molecule has 1 N–H and O–H groups in total. The molecule has 0 saturated heterocycles. The number of benzene rings is 9. The molecule has 10 aromatic rings. The Labute approximate surface area is 333 Å². The topological polar surface area (TPSA) is 17.0 Å². The van der Waals surface area contributed by atoms with Gasteiger partial charge in [0.2, 0.25) is 0 Å². The van der Waals surface area contributed by atoms with Crippen LogP contribution in [0.2, 0.25) is 0 Å². The highest BCUT2D eigenvalue weighted by Gasteiger charge is 2.36. The molecule has 0 atom stereocenters. The van der Waals surface area contributed by atoms with Crippen molar-refractivity contribution >= 4 is 44.0 Å². The number of hydrogen-bond acceptors (Lipinski definition) is 1. The molecule has 0 radical (unpaired) electrons. The summed E-state index contributed by atoms with van der Waals surface area (Å²) in [5.74, 6) is 0. The van der Waals surface area contributed by atoms with E-state index in [4.69, 9.17) is 0 Å². The third kappa shape index (κ3) is 5.48. The lowest BCUT2D eigenvalue weighted by atomic mass is 9.82. The van der Waals surface area contributed by atoms with Crippen LogP contribution in [0.1, 0.15) is 25.0 Å². The summed E-state index contributed by atoms with van der Waals surface area (Å²) in [7, 11) is 0. The van der Waals surface area contributed by atoms with Gasteiger partial charge < -0.3 is 9.88 Å². The second-order valence-electron chi connectivity index (χ2n) is 15.9. The average molecular weight is 729 g/mol. The second-order valence-corrected chi connectivity index (χ2v) is 15.9. The Morgan fingerprint density at radius 3 is 1.93 bits per heavy atom. The van der Waals surface area contributed by atoms with Crippen LogP contribution in [0.3, 0.4) is 0 Å². The van der Waals surface area contributed by atoms with Crippen LogP contribution in [0.15, 0.2) is 200 Å². The Morgan fingerprint density at radius 2 is 1.05 bits per heavy atom. The van der Waals surface area contributed by atoms with Gasteiger partial charge in [-0.15, -0.1) is 0 Å². The van der Waals surface area contributed by atoms with Gasteiger partial charge in [0.1, 0.15) is 0 Å². The van der Waals surface area contributed by atoms with Crippen LogP contribution in [0.5, 0.6) is 0 Å². The van der Waals surface area contributed by atoms with E-state index in [0.717, 1.165) is 17.1 Å². The van der Waals surface area contributed by atoms with E-state index in [9.17, 15) is 0 Å². The van der Waals surface area contributed by atoms with E-state index in [2.05, 4.69) is 224 Å². The first-order chi connectivity index (χ1) is 28.0. The highest BCUT2D eigenvalue weighted by molar-refractivity contribution is 6.13. The fourth-order valence-electron chi connectivity index (χ4n) is 9.26. The molecular weight excluding hydrogens is 689 g/mol. The monoisotopic (exact) mass is 728 g/mol. The van der Waals surface area contributed by atoms with Crippen LogP contribution in [-0.4, -0.2) is 4.57 Å². The normalized spacial score (nSPS) is 12.9. The van der Waals surface area contributed by atoms with Crippen LogP contribution in [0.25, 0.3) is 82.8 Å². The van der Waals surface area contributed by atoms with Crippen LogP contribution in [-0.2, 0) is 5.41 Å². The minimum absolute atomic E-state index is 0.0989. The maximum absolute atomic E-state index is 3.73. The van der Waals surface area contributed by atoms with Gasteiger partial charge in [0, 0.05) is 38.8 Å². The highest BCUT2D eigenvalue weighted by atomic mass is 15.0. The Hall–Kier alpha value is -7.16. The summed E-state index contributed by atoms with van der Waals surface area (Å²) in [5.41, 5.74) is 18.3. The lowest BCUT2D eigenvalue weighted by molar-refractivity contribution is 0.661. The highest BCUT2D eigenvalue weighted by Crippen LogP contribution is 2.51. The second kappa shape index (κ2) is 13.0. The Kier molecular flexibility index (Phi) is 7.55. The summed E-state index contributed by atoms with van der Waals surface area (Å²) in [5, 5.41) is 8.71. The number of rotatable bonds is 6. The SMILES string of the molecule is CC1(C)c2ccccc2-c2cc3c4cc(-c5cccc(-c6ccccc6Nc6ccc7ccccc7c6)c5)ccc4n(-c4cccc(-c5ccccc5)c4)c3cc21. The van der Waals surface area contributed by atoms with Gasteiger partial charge >= 0.3 is 0 Å². The first kappa shape index (κ1) is 33.2. The van der Waals surface area contributed by atoms with Gasteiger partial charge in [0.05, 0.1) is 11.0 Å². The van der Waals surface area contributed by atoms with Gasteiger partial charge in [-0.25, -0.2) is 0 Å². The molecule has 1 heterocycles. The van der Waals surface area contributed by atoms with E-state index in [0.29, 0.717) is 0 Å². The zero-order valence-electron chi connectivity index (χ0n) is 32.0. The fourth-order valence-corrected chi connectivity index (χ4v) is 9.26. The lowest BCUT2D eigenvalue weighted by Crippen LogP contribution is -2.14. The van der Waals surface area contributed by atoms with E-state index in [1.807, 2.05) is 0 Å². The number of anilines is 2. The molecule has 0 saturated carbocycles. The quantitative estimate of drug-likeness (QED) is 0.180. The van der Waals surface area contributed by atoms with Crippen molar-refractivity contribution in [2.75, 3.05) is 5.32 Å². The molecule has 1 aliphatic rings. The molecule has 270 valence electrons.